The molecule has 0 atom stereocenters. The number of rotatable bonds is 7. The zero-order chi connectivity index (χ0) is 15.8. The maximum atomic E-state index is 11.3. The van der Waals surface area contributed by atoms with Gasteiger partial charge in [-0.15, -0.1) is 0 Å². The number of hydrogen-bond acceptors (Lipinski definition) is 6. The maximum absolute atomic E-state index is 11.3. The monoisotopic (exact) mass is 290 g/mol. The lowest BCUT2D eigenvalue weighted by Gasteiger charge is -2.30. The van der Waals surface area contributed by atoms with Crippen LogP contribution in [0.4, 0.5) is 9.59 Å². The first-order valence-electron chi connectivity index (χ1n) is 6.83. The second kappa shape index (κ2) is 7.97. The molecular weight excluding hydrogens is 264 g/mol. The molecule has 0 aromatic heterocycles. The zero-order valence-electron chi connectivity index (χ0n) is 13.3. The molecule has 0 radical (unpaired) electrons. The van der Waals surface area contributed by atoms with E-state index >= 15 is 0 Å². The quantitative estimate of drug-likeness (QED) is 0.666. The van der Waals surface area contributed by atoms with Gasteiger partial charge in [0.25, 0.3) is 0 Å². The van der Waals surface area contributed by atoms with Gasteiger partial charge >= 0.3 is 12.3 Å². The van der Waals surface area contributed by atoms with Crippen molar-refractivity contribution in [3.05, 3.63) is 0 Å². The van der Waals surface area contributed by atoms with Crippen LogP contribution in [0.25, 0.3) is 0 Å². The zero-order valence-corrected chi connectivity index (χ0v) is 13.3. The highest BCUT2D eigenvalue weighted by molar-refractivity contribution is 5.60. The van der Waals surface area contributed by atoms with E-state index in [4.69, 9.17) is 18.9 Å². The molecule has 6 nitrogen and oxygen atoms in total. The highest BCUT2D eigenvalue weighted by Gasteiger charge is 2.30. The van der Waals surface area contributed by atoms with Crippen LogP contribution in [0, 0.1) is 0 Å². The molecule has 0 N–H and O–H groups in total. The Morgan fingerprint density at radius 3 is 1.30 bits per heavy atom. The van der Waals surface area contributed by atoms with E-state index in [1.54, 1.807) is 41.5 Å². The van der Waals surface area contributed by atoms with Gasteiger partial charge in [-0.1, -0.05) is 0 Å². The fourth-order valence-electron chi connectivity index (χ4n) is 1.45. The number of carbonyl (C=O) groups excluding carboxylic acids is 2. The summed E-state index contributed by atoms with van der Waals surface area (Å²) in [5.41, 5.74) is -1.39. The minimum absolute atomic E-state index is 0.270. The fraction of sp³-hybridized carbons (Fsp3) is 0.857. The molecule has 0 bridgehead atoms. The Labute approximate surface area is 120 Å². The molecule has 0 rings (SSSR count). The van der Waals surface area contributed by atoms with Crippen molar-refractivity contribution in [2.24, 2.45) is 0 Å². The molecule has 0 aliphatic rings. The molecule has 0 spiro atoms. The molecule has 6 heteroatoms. The van der Waals surface area contributed by atoms with Crippen molar-refractivity contribution >= 4 is 12.3 Å². The summed E-state index contributed by atoms with van der Waals surface area (Å²) in [4.78, 5) is 22.6. The van der Waals surface area contributed by atoms with Crippen molar-refractivity contribution in [2.75, 3.05) is 13.2 Å². The molecule has 0 heterocycles. The topological polar surface area (TPSA) is 71.1 Å². The van der Waals surface area contributed by atoms with E-state index < -0.39 is 23.5 Å². The van der Waals surface area contributed by atoms with Gasteiger partial charge in [0.05, 0.1) is 13.2 Å². The van der Waals surface area contributed by atoms with Crippen molar-refractivity contribution in [3.8, 4) is 0 Å². The Hall–Kier alpha value is -1.46. The first-order chi connectivity index (χ1) is 9.12. The van der Waals surface area contributed by atoms with Crippen molar-refractivity contribution in [1.82, 2.24) is 0 Å². The molecule has 0 saturated heterocycles. The molecule has 0 saturated carbocycles. The smallest absolute Gasteiger partial charge is 0.435 e. The Kier molecular flexibility index (Phi) is 7.39. The first kappa shape index (κ1) is 18.5. The molecule has 0 amide bonds. The largest absolute Gasteiger partial charge is 0.508 e. The van der Waals surface area contributed by atoms with Gasteiger partial charge in [-0.2, -0.15) is 0 Å². The van der Waals surface area contributed by atoms with Gasteiger partial charge in [-0.3, -0.25) is 0 Å². The Morgan fingerprint density at radius 2 is 1.05 bits per heavy atom. The molecule has 0 aliphatic heterocycles. The van der Waals surface area contributed by atoms with Crippen LogP contribution in [-0.4, -0.2) is 36.7 Å². The van der Waals surface area contributed by atoms with E-state index in [9.17, 15) is 9.59 Å². The highest BCUT2D eigenvalue weighted by Crippen LogP contribution is 2.25. The third-order valence-electron chi connectivity index (χ3n) is 2.57. The van der Waals surface area contributed by atoms with Crippen LogP contribution >= 0.6 is 0 Å². The third kappa shape index (κ3) is 8.61. The average Bonchev–Trinajstić information content (AvgIpc) is 2.26. The van der Waals surface area contributed by atoms with Crippen LogP contribution in [-0.2, 0) is 18.9 Å². The number of ether oxygens (including phenoxy) is 4. The van der Waals surface area contributed by atoms with Crippen LogP contribution < -0.4 is 0 Å². The van der Waals surface area contributed by atoms with Gasteiger partial charge in [-0.25, -0.2) is 9.59 Å². The molecule has 0 aliphatic carbocycles. The summed E-state index contributed by atoms with van der Waals surface area (Å²) < 4.78 is 19.9. The van der Waals surface area contributed by atoms with Gasteiger partial charge in [0.2, 0.25) is 0 Å². The lowest BCUT2D eigenvalue weighted by molar-refractivity contribution is -0.0488. The van der Waals surface area contributed by atoms with E-state index in [0.29, 0.717) is 12.8 Å². The van der Waals surface area contributed by atoms with Crippen molar-refractivity contribution < 1.29 is 28.5 Å². The van der Waals surface area contributed by atoms with Gasteiger partial charge in [-0.05, 0) is 54.4 Å². The second-order valence-corrected chi connectivity index (χ2v) is 5.59. The lowest BCUT2D eigenvalue weighted by Crippen LogP contribution is -2.34. The Morgan fingerprint density at radius 1 is 0.750 bits per heavy atom. The maximum Gasteiger partial charge on any atom is 0.508 e. The minimum atomic E-state index is -0.693. The van der Waals surface area contributed by atoms with Crippen molar-refractivity contribution in [2.45, 2.75) is 65.6 Å². The SMILES string of the molecule is CCOC(=O)OC(C)(C)CCC(C)(C)OC(=O)OCC. The summed E-state index contributed by atoms with van der Waals surface area (Å²) in [6.07, 6.45) is -0.334. The standard InChI is InChI=1S/C14H26O6/c1-7-17-11(15)19-13(3,4)9-10-14(5,6)20-12(16)18-8-2/h7-10H2,1-6H3. The van der Waals surface area contributed by atoms with Crippen molar-refractivity contribution in [3.63, 3.8) is 0 Å². The summed E-state index contributed by atoms with van der Waals surface area (Å²) >= 11 is 0. The third-order valence-corrected chi connectivity index (χ3v) is 2.57. The van der Waals surface area contributed by atoms with Crippen LogP contribution in [0.5, 0.6) is 0 Å². The van der Waals surface area contributed by atoms with E-state index in [2.05, 4.69) is 0 Å². The molecule has 0 unspecified atom stereocenters. The summed E-state index contributed by atoms with van der Waals surface area (Å²) in [6.45, 7) is 11.1. The van der Waals surface area contributed by atoms with E-state index in [1.165, 1.54) is 0 Å². The van der Waals surface area contributed by atoms with Crippen molar-refractivity contribution in [1.29, 1.82) is 0 Å². The normalized spacial score (nSPS) is 11.7. The molecule has 0 fully saturated rings. The van der Waals surface area contributed by atoms with Gasteiger partial charge in [0.15, 0.2) is 0 Å². The second-order valence-electron chi connectivity index (χ2n) is 5.59. The molecular formula is C14H26O6. The van der Waals surface area contributed by atoms with Gasteiger partial charge < -0.3 is 18.9 Å². The molecule has 0 aromatic rings. The fourth-order valence-corrected chi connectivity index (χ4v) is 1.45. The molecule has 20 heavy (non-hydrogen) atoms. The summed E-state index contributed by atoms with van der Waals surface area (Å²) in [7, 11) is 0. The molecule has 118 valence electrons. The van der Waals surface area contributed by atoms with Crippen LogP contribution in [0.2, 0.25) is 0 Å². The van der Waals surface area contributed by atoms with E-state index in [-0.39, 0.29) is 13.2 Å². The number of hydrogen-bond donors (Lipinski definition) is 0. The van der Waals surface area contributed by atoms with Crippen LogP contribution in [0.1, 0.15) is 54.4 Å². The highest BCUT2D eigenvalue weighted by atomic mass is 16.7. The summed E-state index contributed by atoms with van der Waals surface area (Å²) in [5.74, 6) is 0. The van der Waals surface area contributed by atoms with Crippen LogP contribution in [0.15, 0.2) is 0 Å². The summed E-state index contributed by atoms with van der Waals surface area (Å²) in [6, 6.07) is 0. The predicted octanol–water partition coefficient (Wildman–Crippen LogP) is 3.67. The van der Waals surface area contributed by atoms with E-state index in [1.807, 2.05) is 0 Å². The predicted molar refractivity (Wildman–Crippen MR) is 73.6 cm³/mol. The van der Waals surface area contributed by atoms with Gasteiger partial charge in [0.1, 0.15) is 11.2 Å². The molecule has 0 aromatic carbocycles. The lowest BCUT2D eigenvalue weighted by atomic mass is 9.94. The summed E-state index contributed by atoms with van der Waals surface area (Å²) in [5, 5.41) is 0. The number of carbonyl (C=O) groups is 2. The first-order valence-corrected chi connectivity index (χ1v) is 6.83. The van der Waals surface area contributed by atoms with E-state index in [0.717, 1.165) is 0 Å². The van der Waals surface area contributed by atoms with Gasteiger partial charge in [0, 0.05) is 0 Å². The Balaban J connectivity index is 4.28. The Bertz CT molecular complexity index is 290. The minimum Gasteiger partial charge on any atom is -0.435 e. The average molecular weight is 290 g/mol. The van der Waals surface area contributed by atoms with Crippen LogP contribution in [0.3, 0.4) is 0 Å².